The molecule has 2 fully saturated rings. The second-order valence-electron chi connectivity index (χ2n) is 4.94. The summed E-state index contributed by atoms with van der Waals surface area (Å²) in [6, 6.07) is 0. The van der Waals surface area contributed by atoms with E-state index in [2.05, 4.69) is 11.9 Å². The molecule has 2 saturated heterocycles. The van der Waals surface area contributed by atoms with Crippen LogP contribution in [-0.2, 0) is 4.79 Å². The van der Waals surface area contributed by atoms with Crippen LogP contribution in [0, 0.1) is 11.3 Å². The van der Waals surface area contributed by atoms with Crippen molar-refractivity contribution in [2.75, 3.05) is 31.6 Å². The molecule has 2 unspecified atom stereocenters. The zero-order valence-electron chi connectivity index (χ0n) is 9.24. The number of likely N-dealkylation sites (tertiary alicyclic amines) is 1. The summed E-state index contributed by atoms with van der Waals surface area (Å²) in [6.45, 7) is 2.09. The smallest absolute Gasteiger partial charge is 0.307 e. The first-order chi connectivity index (χ1) is 7.14. The first-order valence-electron chi connectivity index (χ1n) is 5.63. The zero-order valence-corrected chi connectivity index (χ0v) is 10.1. The Morgan fingerprint density at radius 3 is 3.07 bits per heavy atom. The van der Waals surface area contributed by atoms with Crippen LogP contribution in [0.25, 0.3) is 0 Å². The molecule has 3 nitrogen and oxygen atoms in total. The Kier molecular flexibility index (Phi) is 3.26. The first kappa shape index (κ1) is 11.3. The molecular weight excluding hydrogens is 210 g/mol. The average Bonchev–Trinajstić information content (AvgIpc) is 2.17. The summed E-state index contributed by atoms with van der Waals surface area (Å²) in [5, 5.41) is 9.31. The van der Waals surface area contributed by atoms with E-state index in [1.807, 2.05) is 11.8 Å². The summed E-state index contributed by atoms with van der Waals surface area (Å²) in [7, 11) is 2.11. The number of carboxylic acid groups (broad SMARTS) is 1. The monoisotopic (exact) mass is 229 g/mol. The largest absolute Gasteiger partial charge is 0.481 e. The van der Waals surface area contributed by atoms with E-state index in [1.54, 1.807) is 0 Å². The molecule has 0 aromatic carbocycles. The lowest BCUT2D eigenvalue weighted by Gasteiger charge is -2.47. The Morgan fingerprint density at radius 1 is 1.60 bits per heavy atom. The van der Waals surface area contributed by atoms with Crippen molar-refractivity contribution in [1.82, 2.24) is 4.90 Å². The third-order valence-corrected chi connectivity index (χ3v) is 5.08. The van der Waals surface area contributed by atoms with Gasteiger partial charge in [0.25, 0.3) is 0 Å². The van der Waals surface area contributed by atoms with Gasteiger partial charge in [-0.25, -0.2) is 0 Å². The Labute approximate surface area is 95.2 Å². The van der Waals surface area contributed by atoms with Crippen molar-refractivity contribution in [3.63, 3.8) is 0 Å². The van der Waals surface area contributed by atoms with Crippen LogP contribution in [0.5, 0.6) is 0 Å². The summed E-state index contributed by atoms with van der Waals surface area (Å²) in [4.78, 5) is 13.6. The number of hydrogen-bond donors (Lipinski definition) is 1. The van der Waals surface area contributed by atoms with Crippen molar-refractivity contribution in [2.24, 2.45) is 11.3 Å². The summed E-state index contributed by atoms with van der Waals surface area (Å²) < 4.78 is 0. The quantitative estimate of drug-likeness (QED) is 0.740. The summed E-state index contributed by atoms with van der Waals surface area (Å²) in [5.41, 5.74) is 0.0573. The maximum Gasteiger partial charge on any atom is 0.307 e. The summed E-state index contributed by atoms with van der Waals surface area (Å²) >= 11 is 1.93. The zero-order chi connectivity index (χ0) is 10.9. The molecule has 2 heterocycles. The van der Waals surface area contributed by atoms with Gasteiger partial charge in [-0.05, 0) is 38.6 Å². The number of thioether (sulfide) groups is 1. The number of aliphatic carboxylic acids is 1. The van der Waals surface area contributed by atoms with Gasteiger partial charge in [0, 0.05) is 17.7 Å². The number of carbonyl (C=O) groups is 1. The summed E-state index contributed by atoms with van der Waals surface area (Å²) in [6.07, 6.45) is 3.11. The molecule has 0 bridgehead atoms. The van der Waals surface area contributed by atoms with Crippen molar-refractivity contribution >= 4 is 17.7 Å². The molecule has 1 N–H and O–H groups in total. The minimum Gasteiger partial charge on any atom is -0.481 e. The van der Waals surface area contributed by atoms with E-state index in [0.29, 0.717) is 0 Å². The highest BCUT2D eigenvalue weighted by Gasteiger charge is 2.46. The third-order valence-electron chi connectivity index (χ3n) is 3.78. The predicted octanol–water partition coefficient (Wildman–Crippen LogP) is 1.54. The SMILES string of the molecule is CN1CCCC2(CSCCC2C(=O)O)C1. The van der Waals surface area contributed by atoms with Crippen LogP contribution in [-0.4, -0.2) is 47.6 Å². The van der Waals surface area contributed by atoms with Crippen LogP contribution in [0.1, 0.15) is 19.3 Å². The molecule has 0 radical (unpaired) electrons. The van der Waals surface area contributed by atoms with Gasteiger partial charge in [-0.1, -0.05) is 0 Å². The molecule has 0 aromatic rings. The van der Waals surface area contributed by atoms with Crippen molar-refractivity contribution < 1.29 is 9.90 Å². The molecule has 0 aromatic heterocycles. The van der Waals surface area contributed by atoms with Gasteiger partial charge in [0.15, 0.2) is 0 Å². The Bertz CT molecular complexity index is 255. The second-order valence-corrected chi connectivity index (χ2v) is 6.04. The lowest BCUT2D eigenvalue weighted by molar-refractivity contribution is -0.148. The number of hydrogen-bond acceptors (Lipinski definition) is 3. The van der Waals surface area contributed by atoms with Crippen molar-refractivity contribution in [3.8, 4) is 0 Å². The molecular formula is C11H19NO2S. The second kappa shape index (κ2) is 4.34. The van der Waals surface area contributed by atoms with Gasteiger partial charge in [0.1, 0.15) is 0 Å². The predicted molar refractivity (Wildman–Crippen MR) is 62.2 cm³/mol. The van der Waals surface area contributed by atoms with E-state index >= 15 is 0 Å². The molecule has 1 spiro atoms. The lowest BCUT2D eigenvalue weighted by atomic mass is 9.70. The van der Waals surface area contributed by atoms with Gasteiger partial charge in [0.05, 0.1) is 5.92 Å². The van der Waals surface area contributed by atoms with E-state index in [0.717, 1.165) is 43.9 Å². The maximum atomic E-state index is 11.3. The Balaban J connectivity index is 2.17. The molecule has 2 atom stereocenters. The first-order valence-corrected chi connectivity index (χ1v) is 6.79. The molecule has 0 saturated carbocycles. The summed E-state index contributed by atoms with van der Waals surface area (Å²) in [5.74, 6) is 1.36. The third kappa shape index (κ3) is 2.16. The van der Waals surface area contributed by atoms with Gasteiger partial charge < -0.3 is 10.0 Å². The van der Waals surface area contributed by atoms with Crippen molar-refractivity contribution in [2.45, 2.75) is 19.3 Å². The molecule has 2 rings (SSSR count). The standard InChI is InChI=1S/C11H19NO2S/c1-12-5-2-4-11(7-12)8-15-6-3-9(11)10(13)14/h9H,2-8H2,1H3,(H,13,14). The van der Waals surface area contributed by atoms with E-state index in [9.17, 15) is 9.90 Å². The topological polar surface area (TPSA) is 40.5 Å². The minimum atomic E-state index is -0.578. The van der Waals surface area contributed by atoms with E-state index in [-0.39, 0.29) is 11.3 Å². The molecule has 2 aliphatic rings. The van der Waals surface area contributed by atoms with E-state index < -0.39 is 5.97 Å². The van der Waals surface area contributed by atoms with E-state index in [1.165, 1.54) is 0 Å². The molecule has 15 heavy (non-hydrogen) atoms. The fourth-order valence-corrected chi connectivity index (χ4v) is 4.46. The highest BCUT2D eigenvalue weighted by Crippen LogP contribution is 2.45. The van der Waals surface area contributed by atoms with Crippen molar-refractivity contribution in [3.05, 3.63) is 0 Å². The van der Waals surface area contributed by atoms with Crippen molar-refractivity contribution in [1.29, 1.82) is 0 Å². The van der Waals surface area contributed by atoms with Gasteiger partial charge in [-0.15, -0.1) is 0 Å². The van der Waals surface area contributed by atoms with Crippen LogP contribution in [0.4, 0.5) is 0 Å². The number of piperidine rings is 1. The molecule has 0 aliphatic carbocycles. The Morgan fingerprint density at radius 2 is 2.40 bits per heavy atom. The molecule has 86 valence electrons. The number of rotatable bonds is 1. The van der Waals surface area contributed by atoms with Crippen LogP contribution >= 0.6 is 11.8 Å². The van der Waals surface area contributed by atoms with Crippen LogP contribution < -0.4 is 0 Å². The number of nitrogens with zero attached hydrogens (tertiary/aromatic N) is 1. The van der Waals surface area contributed by atoms with Gasteiger partial charge >= 0.3 is 5.97 Å². The van der Waals surface area contributed by atoms with Crippen LogP contribution in [0.2, 0.25) is 0 Å². The fraction of sp³-hybridized carbons (Fsp3) is 0.909. The van der Waals surface area contributed by atoms with Crippen LogP contribution in [0.3, 0.4) is 0 Å². The average molecular weight is 229 g/mol. The van der Waals surface area contributed by atoms with E-state index in [4.69, 9.17) is 0 Å². The van der Waals surface area contributed by atoms with Gasteiger partial charge in [-0.3, -0.25) is 4.79 Å². The van der Waals surface area contributed by atoms with Gasteiger partial charge in [0.2, 0.25) is 0 Å². The Hall–Kier alpha value is -0.220. The molecule has 0 amide bonds. The highest BCUT2D eigenvalue weighted by atomic mass is 32.2. The fourth-order valence-electron chi connectivity index (χ4n) is 3.07. The highest BCUT2D eigenvalue weighted by molar-refractivity contribution is 7.99. The normalized spacial score (nSPS) is 38.1. The number of carboxylic acids is 1. The molecule has 4 heteroatoms. The molecule has 2 aliphatic heterocycles. The lowest BCUT2D eigenvalue weighted by Crippen LogP contribution is -2.51. The van der Waals surface area contributed by atoms with Crippen LogP contribution in [0.15, 0.2) is 0 Å². The maximum absolute atomic E-state index is 11.3. The minimum absolute atomic E-state index is 0.0573. The van der Waals surface area contributed by atoms with Gasteiger partial charge in [-0.2, -0.15) is 11.8 Å².